The van der Waals surface area contributed by atoms with Gasteiger partial charge >= 0.3 is 33.5 Å². The largest absolute Gasteiger partial charge is 0.646 e. The average Bonchev–Trinajstić information content (AvgIpc) is 3.45. The Morgan fingerprint density at radius 2 is 1.47 bits per heavy atom. The van der Waals surface area contributed by atoms with E-state index in [1.54, 1.807) is 0 Å². The van der Waals surface area contributed by atoms with E-state index < -0.39 is 0 Å². The molecule has 5 unspecified atom stereocenters. The van der Waals surface area contributed by atoms with Crippen LogP contribution in [0.2, 0.25) is 0 Å². The Morgan fingerprint density at radius 1 is 0.906 bits per heavy atom. The number of halogens is 2. The molecule has 176 valence electrons. The molecule has 1 saturated heterocycles. The molecule has 0 spiro atoms. The standard InChI is InChI=1S/C26H33N2.CH3.2ClH.Cr/c1-3-9-19(10-4-1)26(20-11-5-2-6-12-20)25-16-21(15-22-17-27-18-28-22)23-13-7-8-14-24(23)25;;;;/h1-6,9-12,21-27H,7-8,13-18H2;1H3;2*1H;/q2*-1;;;+2/p-2. The molecule has 0 aromatic heterocycles. The van der Waals surface area contributed by atoms with Gasteiger partial charge in [-0.15, -0.1) is 6.04 Å². The van der Waals surface area contributed by atoms with Gasteiger partial charge in [-0.2, -0.15) is 0 Å². The van der Waals surface area contributed by atoms with E-state index >= 15 is 0 Å². The minimum absolute atomic E-state index is 0. The molecule has 2 aliphatic carbocycles. The Kier molecular flexibility index (Phi) is 10.9. The summed E-state index contributed by atoms with van der Waals surface area (Å²) in [5.41, 5.74) is 3.02. The van der Waals surface area contributed by atoms with Gasteiger partial charge in [-0.1, -0.05) is 86.6 Å². The number of hydrogen-bond donors (Lipinski definition) is 1. The van der Waals surface area contributed by atoms with Gasteiger partial charge in [0.2, 0.25) is 0 Å². The van der Waals surface area contributed by atoms with Crippen LogP contribution in [0.3, 0.4) is 0 Å². The van der Waals surface area contributed by atoms with Gasteiger partial charge in [-0.25, -0.2) is 0 Å². The maximum atomic E-state index is 4.83. The maximum Gasteiger partial charge on any atom is 0.0120 e. The third kappa shape index (κ3) is 6.32. The van der Waals surface area contributed by atoms with E-state index in [9.17, 15) is 0 Å². The van der Waals surface area contributed by atoms with Crippen molar-refractivity contribution in [3.05, 3.63) is 84.5 Å². The van der Waals surface area contributed by atoms with Gasteiger partial charge in [0, 0.05) is 5.92 Å². The Morgan fingerprint density at radius 3 is 2.00 bits per heavy atom. The summed E-state index contributed by atoms with van der Waals surface area (Å²) >= 11 is -0.181. The number of fused-ring (bicyclic) bond motifs is 1. The first-order valence-electron chi connectivity index (χ1n) is 11.7. The van der Waals surface area contributed by atoms with E-state index in [2.05, 4.69) is 66.0 Å². The summed E-state index contributed by atoms with van der Waals surface area (Å²) in [5, 5.41) is 8.25. The fourth-order valence-corrected chi connectivity index (χ4v) is 6.66. The minimum Gasteiger partial charge on any atom is -0.646 e. The predicted molar refractivity (Wildman–Crippen MR) is 135 cm³/mol. The summed E-state index contributed by atoms with van der Waals surface area (Å²) in [5.74, 6) is 3.98. The van der Waals surface area contributed by atoms with Crippen molar-refractivity contribution in [2.75, 3.05) is 13.2 Å². The molecule has 32 heavy (non-hydrogen) atoms. The molecule has 5 rings (SSSR count). The molecule has 3 fully saturated rings. The molecule has 0 bridgehead atoms. The van der Waals surface area contributed by atoms with Crippen LogP contribution in [0, 0.1) is 31.1 Å². The SMILES string of the molecule is [CH3-].[Cl][Cr][Cl].c1ccc(C(c2ccccc2)C2CC(CC3CNC[N-]3)C3CCCCC32)cc1. The number of hydrogen-bond acceptors (Lipinski definition) is 1. The Bertz CT molecular complexity index is 730. The van der Waals surface area contributed by atoms with Gasteiger partial charge < -0.3 is 18.1 Å². The quantitative estimate of drug-likeness (QED) is 0.408. The van der Waals surface area contributed by atoms with Crippen LogP contribution in [0.25, 0.3) is 5.32 Å². The van der Waals surface area contributed by atoms with Crippen molar-refractivity contribution in [1.82, 2.24) is 5.32 Å². The normalized spacial score (nSPS) is 29.0. The average molecular weight is 512 g/mol. The van der Waals surface area contributed by atoms with Gasteiger partial charge in [0.1, 0.15) is 0 Å². The van der Waals surface area contributed by atoms with Crippen LogP contribution in [0.4, 0.5) is 0 Å². The minimum atomic E-state index is -0.181. The van der Waals surface area contributed by atoms with E-state index in [1.165, 1.54) is 49.7 Å². The van der Waals surface area contributed by atoms with Gasteiger partial charge in [-0.3, -0.25) is 0 Å². The van der Waals surface area contributed by atoms with Crippen molar-refractivity contribution in [3.63, 3.8) is 0 Å². The summed E-state index contributed by atoms with van der Waals surface area (Å²) in [7, 11) is 9.65. The predicted octanol–water partition coefficient (Wildman–Crippen LogP) is 7.78. The van der Waals surface area contributed by atoms with E-state index in [0.29, 0.717) is 12.0 Å². The van der Waals surface area contributed by atoms with Gasteiger partial charge in [0.05, 0.1) is 0 Å². The number of nitrogens with one attached hydrogen (secondary N) is 1. The second kappa shape index (κ2) is 13.4. The van der Waals surface area contributed by atoms with E-state index in [-0.39, 0.29) is 20.8 Å². The zero-order chi connectivity index (χ0) is 21.5. The summed E-state index contributed by atoms with van der Waals surface area (Å²) < 4.78 is 0. The first-order valence-corrected chi connectivity index (χ1v) is 15.2. The summed E-state index contributed by atoms with van der Waals surface area (Å²) in [6.45, 7) is 1.96. The first-order chi connectivity index (χ1) is 15.3. The Labute approximate surface area is 210 Å². The molecule has 1 aliphatic heterocycles. The van der Waals surface area contributed by atoms with Crippen LogP contribution in [0.15, 0.2) is 60.7 Å². The summed E-state index contributed by atoms with van der Waals surface area (Å²) in [4.78, 5) is 0. The molecule has 0 amide bonds. The molecule has 1 heterocycles. The Balaban J connectivity index is 0.000000686. The summed E-state index contributed by atoms with van der Waals surface area (Å²) in [6, 6.07) is 23.2. The first kappa shape index (κ1) is 26.1. The van der Waals surface area contributed by atoms with Crippen LogP contribution < -0.4 is 5.32 Å². The molecule has 1 N–H and O–H groups in total. The van der Waals surface area contributed by atoms with Crippen molar-refractivity contribution < 1.29 is 13.4 Å². The molecule has 2 nitrogen and oxygen atoms in total. The molecule has 3 aliphatic rings. The zero-order valence-corrected chi connectivity index (χ0v) is 21.8. The van der Waals surface area contributed by atoms with Crippen LogP contribution in [-0.4, -0.2) is 19.3 Å². The van der Waals surface area contributed by atoms with Crippen molar-refractivity contribution in [1.29, 1.82) is 0 Å². The van der Waals surface area contributed by atoms with Crippen molar-refractivity contribution in [3.8, 4) is 0 Å². The fraction of sp³-hybridized carbons (Fsp3) is 0.519. The van der Waals surface area contributed by atoms with Crippen LogP contribution >= 0.6 is 20.1 Å². The van der Waals surface area contributed by atoms with Crippen molar-refractivity contribution in [2.45, 2.75) is 50.5 Å². The van der Waals surface area contributed by atoms with Crippen molar-refractivity contribution in [2.24, 2.45) is 23.7 Å². The number of nitrogens with zero attached hydrogens (tertiary/aromatic N) is 1. The van der Waals surface area contributed by atoms with Crippen LogP contribution in [0.1, 0.15) is 55.6 Å². The monoisotopic (exact) mass is 510 g/mol. The second-order valence-electron chi connectivity index (χ2n) is 9.31. The molecule has 5 heteroatoms. The maximum absolute atomic E-state index is 4.83. The third-order valence-electron chi connectivity index (χ3n) is 7.77. The molecular weight excluding hydrogens is 475 g/mol. The third-order valence-corrected chi connectivity index (χ3v) is 7.77. The molecule has 5 atom stereocenters. The summed E-state index contributed by atoms with van der Waals surface area (Å²) in [6.07, 6.45) is 8.43. The topological polar surface area (TPSA) is 26.1 Å². The van der Waals surface area contributed by atoms with Gasteiger partial charge in [0.25, 0.3) is 0 Å². The molecule has 2 aromatic carbocycles. The molecule has 0 radical (unpaired) electrons. The van der Waals surface area contributed by atoms with E-state index in [0.717, 1.165) is 36.9 Å². The second-order valence-corrected chi connectivity index (χ2v) is 11.4. The van der Waals surface area contributed by atoms with Gasteiger partial charge in [0.15, 0.2) is 0 Å². The van der Waals surface area contributed by atoms with Crippen LogP contribution in [-0.2, 0) is 13.4 Å². The molecule has 2 aromatic rings. The van der Waals surface area contributed by atoms with Gasteiger partial charge in [-0.05, 0) is 60.6 Å². The smallest absolute Gasteiger partial charge is 0.0120 e. The Hall–Kier alpha value is -0.528. The molecular formula is C27H36Cl2CrN2-2. The molecule has 2 saturated carbocycles. The fourth-order valence-electron chi connectivity index (χ4n) is 6.66. The van der Waals surface area contributed by atoms with Crippen LogP contribution in [0.5, 0.6) is 0 Å². The van der Waals surface area contributed by atoms with E-state index in [1.807, 2.05) is 0 Å². The number of rotatable bonds is 5. The van der Waals surface area contributed by atoms with E-state index in [4.69, 9.17) is 25.4 Å². The number of benzene rings is 2. The van der Waals surface area contributed by atoms with Crippen molar-refractivity contribution >= 4 is 20.1 Å². The zero-order valence-electron chi connectivity index (χ0n) is 19.0.